The number of thiophene rings is 1. The van der Waals surface area contributed by atoms with Gasteiger partial charge in [0.1, 0.15) is 5.76 Å². The molecule has 1 saturated heterocycles. The fourth-order valence-electron chi connectivity index (χ4n) is 4.58. The minimum Gasteiger partial charge on any atom is -0.416 e. The number of likely N-dealkylation sites (tertiary alicyclic amines) is 1. The van der Waals surface area contributed by atoms with E-state index in [4.69, 9.17) is 4.74 Å². The third-order valence-electron chi connectivity index (χ3n) is 7.18. The van der Waals surface area contributed by atoms with E-state index in [1.807, 2.05) is 32.2 Å². The number of hydrogen-bond acceptors (Lipinski definition) is 5. The average Bonchev–Trinajstić information content (AvgIpc) is 3.40. The number of rotatable bonds is 9. The number of allylic oxidation sites excluding steroid dienone is 1. The lowest BCUT2D eigenvalue weighted by Gasteiger charge is -2.40. The van der Waals surface area contributed by atoms with Crippen molar-refractivity contribution < 1.29 is 13.9 Å². The fraction of sp³-hybridized carbons (Fsp3) is 0.538. The number of alkyl carbamates (subject to hydrolysis) is 1. The molecule has 0 radical (unpaired) electrons. The molecular formula is C26H36FN3O2S. The highest BCUT2D eigenvalue weighted by Gasteiger charge is 2.47. The first-order valence-corrected chi connectivity index (χ1v) is 12.5. The summed E-state index contributed by atoms with van der Waals surface area (Å²) in [5.41, 5.74) is 1.80. The van der Waals surface area contributed by atoms with Crippen LogP contribution < -0.4 is 5.32 Å². The van der Waals surface area contributed by atoms with E-state index in [9.17, 15) is 9.18 Å². The van der Waals surface area contributed by atoms with Gasteiger partial charge < -0.3 is 10.1 Å². The van der Waals surface area contributed by atoms with Gasteiger partial charge in [0.15, 0.2) is 5.13 Å². The highest BCUT2D eigenvalue weighted by molar-refractivity contribution is 7.10. The molecule has 5 nitrogen and oxygen atoms in total. The predicted molar refractivity (Wildman–Crippen MR) is 132 cm³/mol. The maximum absolute atomic E-state index is 13.6. The zero-order chi connectivity index (χ0) is 24.2. The number of aryl methyl sites for hydroxylation is 2. The molecule has 2 aromatic rings. The normalized spacial score (nSPS) is 19.9. The summed E-state index contributed by atoms with van der Waals surface area (Å²) in [7, 11) is 0. The predicted octanol–water partition coefficient (Wildman–Crippen LogP) is 6.19. The van der Waals surface area contributed by atoms with Crippen molar-refractivity contribution in [2.75, 3.05) is 13.1 Å². The van der Waals surface area contributed by atoms with Crippen LogP contribution in [-0.4, -0.2) is 35.1 Å². The minimum atomic E-state index is -0.462. The van der Waals surface area contributed by atoms with Gasteiger partial charge in [-0.05, 0) is 77.3 Å². The second-order valence-corrected chi connectivity index (χ2v) is 10.8. The Morgan fingerprint density at radius 3 is 2.76 bits per heavy atom. The zero-order valence-corrected chi connectivity index (χ0v) is 21.2. The molecule has 1 unspecified atom stereocenters. The number of aromatic nitrogens is 1. The number of nitrogens with zero attached hydrogens (tertiary/aromatic N) is 2. The van der Waals surface area contributed by atoms with Crippen molar-refractivity contribution in [2.24, 2.45) is 5.41 Å². The maximum Gasteiger partial charge on any atom is 0.412 e. The van der Waals surface area contributed by atoms with Crippen molar-refractivity contribution in [2.45, 2.75) is 71.9 Å². The van der Waals surface area contributed by atoms with E-state index < -0.39 is 6.09 Å². The molecule has 1 amide bonds. The van der Waals surface area contributed by atoms with Gasteiger partial charge in [-0.1, -0.05) is 19.6 Å². The van der Waals surface area contributed by atoms with Crippen LogP contribution in [0.3, 0.4) is 0 Å². The molecule has 1 aliphatic rings. The van der Waals surface area contributed by atoms with Crippen LogP contribution in [0.15, 0.2) is 42.8 Å². The van der Waals surface area contributed by atoms with E-state index in [2.05, 4.69) is 48.6 Å². The average molecular weight is 474 g/mol. The summed E-state index contributed by atoms with van der Waals surface area (Å²) < 4.78 is 18.9. The molecule has 3 rings (SSSR count). The van der Waals surface area contributed by atoms with Crippen LogP contribution in [0, 0.1) is 17.5 Å². The van der Waals surface area contributed by atoms with Crippen LogP contribution in [0.2, 0.25) is 0 Å². The topological polar surface area (TPSA) is 54.5 Å². The first-order valence-electron chi connectivity index (χ1n) is 11.6. The molecular weight excluding hydrogens is 437 g/mol. The van der Waals surface area contributed by atoms with Crippen LogP contribution in [0.1, 0.15) is 63.1 Å². The second-order valence-electron chi connectivity index (χ2n) is 9.63. The van der Waals surface area contributed by atoms with E-state index >= 15 is 0 Å². The first-order chi connectivity index (χ1) is 15.6. The summed E-state index contributed by atoms with van der Waals surface area (Å²) in [4.78, 5) is 20.5. The Labute approximate surface area is 201 Å². The number of carbonyl (C=O) groups is 1. The van der Waals surface area contributed by atoms with Crippen molar-refractivity contribution in [3.8, 4) is 0 Å². The Morgan fingerprint density at radius 2 is 2.15 bits per heavy atom. The van der Waals surface area contributed by atoms with E-state index in [-0.39, 0.29) is 22.1 Å². The maximum atomic E-state index is 13.6. The van der Waals surface area contributed by atoms with Crippen molar-refractivity contribution >= 4 is 17.4 Å². The molecule has 2 aromatic heterocycles. The molecule has 0 bridgehead atoms. The standard InChI is InChI=1S/C26H36FN3O2S/c1-7-19(3)32-24(31)29-20(4)26(13-12-22-10-11-23(27)33-22)14-15-30(17-26)25(5,6)21-9-8-18(2)28-16-21/h8-11,16,20H,3,7,12-15,17H2,1-2,4-6H3,(H,29,31)/t20-,26?/m1/s1. The smallest absolute Gasteiger partial charge is 0.412 e. The van der Waals surface area contributed by atoms with Crippen LogP contribution in [-0.2, 0) is 16.7 Å². The number of carbonyl (C=O) groups excluding carboxylic acids is 1. The van der Waals surface area contributed by atoms with Gasteiger partial charge in [-0.25, -0.2) is 4.79 Å². The Morgan fingerprint density at radius 1 is 1.39 bits per heavy atom. The van der Waals surface area contributed by atoms with Crippen molar-refractivity contribution in [3.63, 3.8) is 0 Å². The molecule has 7 heteroatoms. The number of pyridine rings is 1. The summed E-state index contributed by atoms with van der Waals surface area (Å²) in [5, 5.41) is 2.90. The zero-order valence-electron chi connectivity index (χ0n) is 20.4. The number of hydrogen-bond donors (Lipinski definition) is 1. The van der Waals surface area contributed by atoms with Gasteiger partial charge in [-0.15, -0.1) is 11.3 Å². The van der Waals surface area contributed by atoms with E-state index in [0.29, 0.717) is 12.2 Å². The van der Waals surface area contributed by atoms with Gasteiger partial charge in [0.05, 0.1) is 0 Å². The van der Waals surface area contributed by atoms with E-state index in [0.717, 1.165) is 42.9 Å². The van der Waals surface area contributed by atoms with Crippen molar-refractivity contribution in [3.05, 3.63) is 64.1 Å². The lowest BCUT2D eigenvalue weighted by molar-refractivity contribution is 0.107. The monoisotopic (exact) mass is 473 g/mol. The van der Waals surface area contributed by atoms with Gasteiger partial charge in [-0.2, -0.15) is 4.39 Å². The number of halogens is 1. The van der Waals surface area contributed by atoms with Crippen molar-refractivity contribution in [1.82, 2.24) is 15.2 Å². The molecule has 0 saturated carbocycles. The Kier molecular flexibility index (Phi) is 7.96. The van der Waals surface area contributed by atoms with Gasteiger partial charge in [0.2, 0.25) is 0 Å². The van der Waals surface area contributed by atoms with Crippen LogP contribution in [0.5, 0.6) is 0 Å². The van der Waals surface area contributed by atoms with Gasteiger partial charge in [0.25, 0.3) is 0 Å². The van der Waals surface area contributed by atoms with Crippen molar-refractivity contribution in [1.29, 1.82) is 0 Å². The Bertz CT molecular complexity index is 972. The highest BCUT2D eigenvalue weighted by atomic mass is 32.1. The second kappa shape index (κ2) is 10.3. The molecule has 1 N–H and O–H groups in total. The molecule has 2 atom stereocenters. The molecule has 33 heavy (non-hydrogen) atoms. The Balaban J connectivity index is 1.80. The van der Waals surface area contributed by atoms with Crippen LogP contribution >= 0.6 is 11.3 Å². The van der Waals surface area contributed by atoms with E-state index in [1.165, 1.54) is 23.0 Å². The third kappa shape index (κ3) is 6.01. The molecule has 0 spiro atoms. The SMILES string of the molecule is C=C(CC)OC(=O)N[C@H](C)C1(CCc2ccc(F)s2)CCN(C(C)(C)c2ccc(C)nc2)C1. The summed E-state index contributed by atoms with van der Waals surface area (Å²) in [6.07, 6.45) is 4.64. The van der Waals surface area contributed by atoms with Gasteiger partial charge in [0, 0.05) is 46.7 Å². The minimum absolute atomic E-state index is 0.114. The largest absolute Gasteiger partial charge is 0.416 e. The molecule has 1 aliphatic heterocycles. The molecule has 3 heterocycles. The molecule has 0 aliphatic carbocycles. The fourth-order valence-corrected chi connectivity index (χ4v) is 5.31. The van der Waals surface area contributed by atoms with Crippen LogP contribution in [0.25, 0.3) is 0 Å². The number of nitrogens with one attached hydrogen (secondary N) is 1. The summed E-state index contributed by atoms with van der Waals surface area (Å²) in [6, 6.07) is 7.46. The summed E-state index contributed by atoms with van der Waals surface area (Å²) in [6.45, 7) is 15.9. The lowest BCUT2D eigenvalue weighted by atomic mass is 9.76. The summed E-state index contributed by atoms with van der Waals surface area (Å²) >= 11 is 1.20. The summed E-state index contributed by atoms with van der Waals surface area (Å²) in [5.74, 6) is 0.448. The highest BCUT2D eigenvalue weighted by Crippen LogP contribution is 2.44. The lowest BCUT2D eigenvalue weighted by Crippen LogP contribution is -2.49. The van der Waals surface area contributed by atoms with E-state index in [1.54, 1.807) is 0 Å². The molecule has 0 aromatic carbocycles. The number of amides is 1. The Hall–Kier alpha value is -2.25. The molecule has 1 fully saturated rings. The van der Waals surface area contributed by atoms with Gasteiger partial charge in [-0.3, -0.25) is 9.88 Å². The molecule has 180 valence electrons. The van der Waals surface area contributed by atoms with Gasteiger partial charge >= 0.3 is 6.09 Å². The first kappa shape index (κ1) is 25.4. The number of ether oxygens (including phenoxy) is 1. The quantitative estimate of drug-likeness (QED) is 0.441. The van der Waals surface area contributed by atoms with Crippen LogP contribution in [0.4, 0.5) is 9.18 Å². The third-order valence-corrected chi connectivity index (χ3v) is 8.11.